The standard InChI is InChI=1S/C37H25NO/c1-2-13-27(14-3-1)38(35-19-10-12-26-23-25-11-4-9-20-36(25)39-37(26)35)28-21-22-33-31-17-6-5-15-29(31)30-16-7-8-18-32(30)34(33)24-28/h1-22,24H,23H2. The lowest BCUT2D eigenvalue weighted by atomic mass is 9.94. The maximum atomic E-state index is 6.61. The molecule has 184 valence electrons. The van der Waals surface area contributed by atoms with Crippen LogP contribution in [0.4, 0.5) is 17.1 Å². The molecule has 0 fully saturated rings. The average molecular weight is 500 g/mol. The van der Waals surface area contributed by atoms with Crippen molar-refractivity contribution < 1.29 is 4.74 Å². The summed E-state index contributed by atoms with van der Waals surface area (Å²) in [6, 6.07) is 49.7. The molecule has 0 atom stereocenters. The summed E-state index contributed by atoms with van der Waals surface area (Å²) in [5.74, 6) is 1.85. The molecule has 0 aliphatic carbocycles. The van der Waals surface area contributed by atoms with Crippen LogP contribution in [0.2, 0.25) is 0 Å². The molecule has 1 aliphatic heterocycles. The Bertz CT molecular complexity index is 1990. The van der Waals surface area contributed by atoms with Crippen molar-refractivity contribution in [3.05, 3.63) is 151 Å². The first-order valence-electron chi connectivity index (χ1n) is 13.4. The van der Waals surface area contributed by atoms with Gasteiger partial charge in [0.25, 0.3) is 0 Å². The number of para-hydroxylation sites is 3. The Balaban J connectivity index is 1.39. The van der Waals surface area contributed by atoms with Gasteiger partial charge in [-0.1, -0.05) is 103 Å². The molecule has 0 saturated carbocycles. The lowest BCUT2D eigenvalue weighted by molar-refractivity contribution is 0.461. The highest BCUT2D eigenvalue weighted by Gasteiger charge is 2.24. The van der Waals surface area contributed by atoms with Crippen molar-refractivity contribution in [2.24, 2.45) is 0 Å². The second kappa shape index (κ2) is 8.75. The van der Waals surface area contributed by atoms with Gasteiger partial charge in [0, 0.05) is 23.4 Å². The monoisotopic (exact) mass is 499 g/mol. The predicted molar refractivity (Wildman–Crippen MR) is 163 cm³/mol. The molecule has 7 aromatic rings. The van der Waals surface area contributed by atoms with Crippen LogP contribution in [-0.2, 0) is 6.42 Å². The molecule has 0 unspecified atom stereocenters. The number of rotatable bonds is 3. The molecule has 8 rings (SSSR count). The number of anilines is 3. The zero-order chi connectivity index (χ0) is 25.8. The third-order valence-corrected chi connectivity index (χ3v) is 7.88. The van der Waals surface area contributed by atoms with Gasteiger partial charge in [-0.3, -0.25) is 0 Å². The van der Waals surface area contributed by atoms with Gasteiger partial charge in [0.15, 0.2) is 5.75 Å². The van der Waals surface area contributed by atoms with Gasteiger partial charge in [-0.2, -0.15) is 0 Å². The molecule has 2 nitrogen and oxygen atoms in total. The summed E-state index contributed by atoms with van der Waals surface area (Å²) in [7, 11) is 0. The van der Waals surface area contributed by atoms with Crippen LogP contribution < -0.4 is 9.64 Å². The summed E-state index contributed by atoms with van der Waals surface area (Å²) < 4.78 is 6.61. The molecule has 0 amide bonds. The van der Waals surface area contributed by atoms with E-state index in [0.717, 1.165) is 35.0 Å². The summed E-state index contributed by atoms with van der Waals surface area (Å²) in [5, 5.41) is 7.63. The van der Waals surface area contributed by atoms with Crippen LogP contribution in [0, 0.1) is 0 Å². The van der Waals surface area contributed by atoms with Gasteiger partial charge in [-0.05, 0) is 74.3 Å². The molecule has 0 bridgehead atoms. The zero-order valence-electron chi connectivity index (χ0n) is 21.3. The Morgan fingerprint density at radius 2 is 1.03 bits per heavy atom. The second-order valence-corrected chi connectivity index (χ2v) is 10.1. The third-order valence-electron chi connectivity index (χ3n) is 7.88. The van der Waals surface area contributed by atoms with E-state index in [-0.39, 0.29) is 0 Å². The molecule has 39 heavy (non-hydrogen) atoms. The second-order valence-electron chi connectivity index (χ2n) is 10.1. The first-order valence-corrected chi connectivity index (χ1v) is 13.4. The van der Waals surface area contributed by atoms with E-state index in [4.69, 9.17) is 4.74 Å². The fraction of sp³-hybridized carbons (Fsp3) is 0.0270. The van der Waals surface area contributed by atoms with Gasteiger partial charge < -0.3 is 9.64 Å². The summed E-state index contributed by atoms with van der Waals surface area (Å²) in [6.07, 6.45) is 0.857. The Labute approximate surface area is 227 Å². The Hall–Kier alpha value is -5.08. The molecule has 0 spiro atoms. The minimum absolute atomic E-state index is 0.857. The van der Waals surface area contributed by atoms with E-state index in [0.29, 0.717) is 0 Å². The van der Waals surface area contributed by atoms with E-state index >= 15 is 0 Å². The molecule has 7 aromatic carbocycles. The highest BCUT2D eigenvalue weighted by atomic mass is 16.5. The minimum Gasteiger partial charge on any atom is -0.455 e. The first kappa shape index (κ1) is 22.0. The van der Waals surface area contributed by atoms with E-state index in [9.17, 15) is 0 Å². The minimum atomic E-state index is 0.857. The van der Waals surface area contributed by atoms with E-state index in [1.165, 1.54) is 43.4 Å². The summed E-state index contributed by atoms with van der Waals surface area (Å²) in [6.45, 7) is 0. The van der Waals surface area contributed by atoms with Gasteiger partial charge in [-0.15, -0.1) is 0 Å². The highest BCUT2D eigenvalue weighted by Crippen LogP contribution is 2.48. The van der Waals surface area contributed by atoms with Crippen molar-refractivity contribution in [3.8, 4) is 11.5 Å². The van der Waals surface area contributed by atoms with Crippen LogP contribution >= 0.6 is 0 Å². The summed E-state index contributed by atoms with van der Waals surface area (Å²) in [5.41, 5.74) is 5.65. The van der Waals surface area contributed by atoms with E-state index < -0.39 is 0 Å². The molecule has 1 aliphatic rings. The molecule has 0 N–H and O–H groups in total. The third kappa shape index (κ3) is 3.49. The number of hydrogen-bond donors (Lipinski definition) is 0. The van der Waals surface area contributed by atoms with Gasteiger partial charge in [0.1, 0.15) is 5.75 Å². The molecule has 0 radical (unpaired) electrons. The van der Waals surface area contributed by atoms with Crippen LogP contribution in [0.25, 0.3) is 32.3 Å². The van der Waals surface area contributed by atoms with Crippen molar-refractivity contribution in [1.29, 1.82) is 0 Å². The number of nitrogens with zero attached hydrogens (tertiary/aromatic N) is 1. The number of fused-ring (bicyclic) bond motifs is 8. The van der Waals surface area contributed by atoms with Crippen molar-refractivity contribution in [3.63, 3.8) is 0 Å². The lowest BCUT2D eigenvalue weighted by Gasteiger charge is -2.30. The summed E-state index contributed by atoms with van der Waals surface area (Å²) in [4.78, 5) is 2.33. The van der Waals surface area contributed by atoms with Crippen LogP contribution in [0.1, 0.15) is 11.1 Å². The van der Waals surface area contributed by atoms with Crippen LogP contribution in [0.3, 0.4) is 0 Å². The fourth-order valence-corrected chi connectivity index (χ4v) is 6.11. The highest BCUT2D eigenvalue weighted by molar-refractivity contribution is 6.25. The van der Waals surface area contributed by atoms with Crippen LogP contribution in [0.15, 0.2) is 140 Å². The lowest BCUT2D eigenvalue weighted by Crippen LogP contribution is -2.13. The van der Waals surface area contributed by atoms with Crippen LogP contribution in [0.5, 0.6) is 11.5 Å². The number of ether oxygens (including phenoxy) is 1. The maximum Gasteiger partial charge on any atom is 0.154 e. The quantitative estimate of drug-likeness (QED) is 0.224. The Morgan fingerprint density at radius 1 is 0.436 bits per heavy atom. The Morgan fingerprint density at radius 3 is 1.77 bits per heavy atom. The SMILES string of the molecule is c1ccc(N(c2ccc3c4ccccc4c4ccccc4c3c2)c2cccc3c2Oc2ccccc2C3)cc1. The van der Waals surface area contributed by atoms with Gasteiger partial charge >= 0.3 is 0 Å². The number of hydrogen-bond acceptors (Lipinski definition) is 2. The first-order chi connectivity index (χ1) is 19.3. The molecular formula is C37H25NO. The van der Waals surface area contributed by atoms with Gasteiger partial charge in [0.05, 0.1) is 5.69 Å². The van der Waals surface area contributed by atoms with E-state index in [2.05, 4.69) is 138 Å². The molecule has 2 heteroatoms. The van der Waals surface area contributed by atoms with Gasteiger partial charge in [-0.25, -0.2) is 0 Å². The van der Waals surface area contributed by atoms with Crippen molar-refractivity contribution >= 4 is 49.4 Å². The molecule has 0 saturated heterocycles. The fourth-order valence-electron chi connectivity index (χ4n) is 6.11. The maximum absolute atomic E-state index is 6.61. The van der Waals surface area contributed by atoms with Crippen molar-refractivity contribution in [2.75, 3.05) is 4.90 Å². The smallest absolute Gasteiger partial charge is 0.154 e. The topological polar surface area (TPSA) is 12.5 Å². The van der Waals surface area contributed by atoms with Crippen LogP contribution in [-0.4, -0.2) is 0 Å². The molecule has 0 aromatic heterocycles. The zero-order valence-corrected chi connectivity index (χ0v) is 21.3. The summed E-state index contributed by atoms with van der Waals surface area (Å²) >= 11 is 0. The Kier molecular flexibility index (Phi) is 4.92. The average Bonchev–Trinajstić information content (AvgIpc) is 3.01. The molecule has 1 heterocycles. The largest absolute Gasteiger partial charge is 0.455 e. The normalized spacial score (nSPS) is 12.2. The molecular weight excluding hydrogens is 474 g/mol. The predicted octanol–water partition coefficient (Wildman–Crippen LogP) is 10.3. The van der Waals surface area contributed by atoms with E-state index in [1.54, 1.807) is 0 Å². The van der Waals surface area contributed by atoms with Crippen molar-refractivity contribution in [2.45, 2.75) is 6.42 Å². The number of benzene rings is 7. The van der Waals surface area contributed by atoms with E-state index in [1.807, 2.05) is 6.07 Å². The van der Waals surface area contributed by atoms with Gasteiger partial charge in [0.2, 0.25) is 0 Å². The van der Waals surface area contributed by atoms with Crippen molar-refractivity contribution in [1.82, 2.24) is 0 Å².